The predicted octanol–water partition coefficient (Wildman–Crippen LogP) is 1.76. The van der Waals surface area contributed by atoms with Crippen LogP contribution >= 0.6 is 11.6 Å². The number of nitrogens with zero attached hydrogens (tertiary/aromatic N) is 1. The van der Waals surface area contributed by atoms with Crippen molar-refractivity contribution in [3.05, 3.63) is 23.2 Å². The molecule has 4 heteroatoms. The van der Waals surface area contributed by atoms with E-state index < -0.39 is 0 Å². The summed E-state index contributed by atoms with van der Waals surface area (Å²) in [6, 6.07) is 5.76. The number of rotatable bonds is 2. The van der Waals surface area contributed by atoms with Crippen LogP contribution in [0.3, 0.4) is 0 Å². The first-order chi connectivity index (χ1) is 7.33. The largest absolute Gasteiger partial charge is 0.495 e. The number of methoxy groups -OCH3 is 1. The minimum absolute atomic E-state index is 0.760. The molecule has 0 unspecified atom stereocenters. The molecule has 0 amide bonds. The zero-order valence-corrected chi connectivity index (χ0v) is 9.55. The van der Waals surface area contributed by atoms with E-state index >= 15 is 0 Å². The van der Waals surface area contributed by atoms with Gasteiger partial charge in [-0.25, -0.2) is 0 Å². The van der Waals surface area contributed by atoms with E-state index in [0.29, 0.717) is 0 Å². The average molecular weight is 227 g/mol. The first-order valence-electron chi connectivity index (χ1n) is 5.11. The third kappa shape index (κ3) is 2.19. The highest BCUT2D eigenvalue weighted by molar-refractivity contribution is 6.33. The maximum atomic E-state index is 6.20. The Morgan fingerprint density at radius 1 is 1.33 bits per heavy atom. The summed E-state index contributed by atoms with van der Waals surface area (Å²) in [5.74, 6) is 0.851. The Hall–Kier alpha value is -0.930. The Morgan fingerprint density at radius 2 is 2.07 bits per heavy atom. The standard InChI is InChI=1S/C11H15ClN2O/c1-15-10-4-2-3-9(12)11(10)14-7-5-13-6-8-14/h2-4,13H,5-8H2,1H3. The van der Waals surface area contributed by atoms with Crippen LogP contribution < -0.4 is 15.0 Å². The molecule has 1 aromatic carbocycles. The van der Waals surface area contributed by atoms with Gasteiger partial charge in [0.25, 0.3) is 0 Å². The Kier molecular flexibility index (Phi) is 3.34. The lowest BCUT2D eigenvalue weighted by Gasteiger charge is -2.31. The number of hydrogen-bond donors (Lipinski definition) is 1. The van der Waals surface area contributed by atoms with Gasteiger partial charge in [0.2, 0.25) is 0 Å². The zero-order chi connectivity index (χ0) is 10.7. The number of ether oxygens (including phenoxy) is 1. The SMILES string of the molecule is COc1cccc(Cl)c1N1CCNCC1. The molecule has 15 heavy (non-hydrogen) atoms. The predicted molar refractivity (Wildman–Crippen MR) is 63.1 cm³/mol. The van der Waals surface area contributed by atoms with E-state index in [0.717, 1.165) is 42.6 Å². The minimum Gasteiger partial charge on any atom is -0.495 e. The molecule has 0 radical (unpaired) electrons. The van der Waals surface area contributed by atoms with Gasteiger partial charge in [-0.3, -0.25) is 0 Å². The fraction of sp³-hybridized carbons (Fsp3) is 0.455. The van der Waals surface area contributed by atoms with Crippen molar-refractivity contribution in [2.45, 2.75) is 0 Å². The van der Waals surface area contributed by atoms with Crippen LogP contribution in [-0.4, -0.2) is 33.3 Å². The first kappa shape index (κ1) is 10.6. The number of hydrogen-bond acceptors (Lipinski definition) is 3. The highest BCUT2D eigenvalue weighted by Crippen LogP contribution is 2.35. The van der Waals surface area contributed by atoms with Crippen molar-refractivity contribution in [1.29, 1.82) is 0 Å². The van der Waals surface area contributed by atoms with Gasteiger partial charge >= 0.3 is 0 Å². The fourth-order valence-electron chi connectivity index (χ4n) is 1.86. The van der Waals surface area contributed by atoms with E-state index in [9.17, 15) is 0 Å². The van der Waals surface area contributed by atoms with Crippen molar-refractivity contribution < 1.29 is 4.74 Å². The molecule has 0 atom stereocenters. The molecule has 1 heterocycles. The van der Waals surface area contributed by atoms with Crippen LogP contribution in [0, 0.1) is 0 Å². The molecule has 82 valence electrons. The monoisotopic (exact) mass is 226 g/mol. The maximum absolute atomic E-state index is 6.20. The average Bonchev–Trinajstić information content (AvgIpc) is 2.29. The molecule has 0 saturated carbocycles. The maximum Gasteiger partial charge on any atom is 0.143 e. The third-order valence-electron chi connectivity index (χ3n) is 2.60. The van der Waals surface area contributed by atoms with Crippen molar-refractivity contribution in [2.75, 3.05) is 38.2 Å². The van der Waals surface area contributed by atoms with Crippen molar-refractivity contribution in [1.82, 2.24) is 5.32 Å². The highest BCUT2D eigenvalue weighted by Gasteiger charge is 2.17. The lowest BCUT2D eigenvalue weighted by molar-refractivity contribution is 0.413. The summed E-state index contributed by atoms with van der Waals surface area (Å²) in [6.07, 6.45) is 0. The summed E-state index contributed by atoms with van der Waals surface area (Å²) in [7, 11) is 1.68. The second kappa shape index (κ2) is 4.73. The second-order valence-electron chi connectivity index (χ2n) is 3.53. The van der Waals surface area contributed by atoms with Gasteiger partial charge < -0.3 is 15.0 Å². The molecule has 0 aliphatic carbocycles. The Bertz CT molecular complexity index is 337. The molecule has 3 nitrogen and oxygen atoms in total. The second-order valence-corrected chi connectivity index (χ2v) is 3.93. The molecular formula is C11H15ClN2O. The topological polar surface area (TPSA) is 24.5 Å². The van der Waals surface area contributed by atoms with Gasteiger partial charge in [0.05, 0.1) is 17.8 Å². The molecule has 1 aromatic rings. The van der Waals surface area contributed by atoms with Crippen molar-refractivity contribution in [3.63, 3.8) is 0 Å². The molecule has 2 rings (SSSR count). The summed E-state index contributed by atoms with van der Waals surface area (Å²) in [5.41, 5.74) is 1.02. The quantitative estimate of drug-likeness (QED) is 0.832. The summed E-state index contributed by atoms with van der Waals surface area (Å²) < 4.78 is 5.33. The van der Waals surface area contributed by atoms with Crippen molar-refractivity contribution >= 4 is 17.3 Å². The number of para-hydroxylation sites is 1. The van der Waals surface area contributed by atoms with Crippen molar-refractivity contribution in [3.8, 4) is 5.75 Å². The molecule has 1 N–H and O–H groups in total. The van der Waals surface area contributed by atoms with Gasteiger partial charge in [-0.05, 0) is 12.1 Å². The molecule has 1 aliphatic heterocycles. The number of benzene rings is 1. The number of nitrogens with one attached hydrogen (secondary N) is 1. The van der Waals surface area contributed by atoms with Crippen LogP contribution in [0.5, 0.6) is 5.75 Å². The number of anilines is 1. The van der Waals surface area contributed by atoms with Gasteiger partial charge in [-0.2, -0.15) is 0 Å². The zero-order valence-electron chi connectivity index (χ0n) is 8.79. The summed E-state index contributed by atoms with van der Waals surface area (Å²) in [6.45, 7) is 3.93. The molecule has 1 fully saturated rings. The van der Waals surface area contributed by atoms with E-state index in [2.05, 4.69) is 10.2 Å². The fourth-order valence-corrected chi connectivity index (χ4v) is 2.14. The van der Waals surface area contributed by atoms with Crippen LogP contribution in [0.15, 0.2) is 18.2 Å². The lowest BCUT2D eigenvalue weighted by Crippen LogP contribution is -2.43. The van der Waals surface area contributed by atoms with Gasteiger partial charge in [0.1, 0.15) is 5.75 Å². The number of piperazine rings is 1. The Labute approximate surface area is 95.0 Å². The molecule has 0 bridgehead atoms. The minimum atomic E-state index is 0.760. The normalized spacial score (nSPS) is 16.5. The Morgan fingerprint density at radius 3 is 2.73 bits per heavy atom. The lowest BCUT2D eigenvalue weighted by atomic mass is 10.2. The van der Waals surface area contributed by atoms with E-state index in [1.807, 2.05) is 18.2 Å². The summed E-state index contributed by atoms with van der Waals surface area (Å²) >= 11 is 6.20. The van der Waals surface area contributed by atoms with Crippen LogP contribution in [0.1, 0.15) is 0 Å². The van der Waals surface area contributed by atoms with Crippen LogP contribution in [0.25, 0.3) is 0 Å². The highest BCUT2D eigenvalue weighted by atomic mass is 35.5. The van der Waals surface area contributed by atoms with Crippen molar-refractivity contribution in [2.24, 2.45) is 0 Å². The van der Waals surface area contributed by atoms with E-state index in [1.54, 1.807) is 7.11 Å². The smallest absolute Gasteiger partial charge is 0.143 e. The molecule has 1 aliphatic rings. The third-order valence-corrected chi connectivity index (χ3v) is 2.91. The van der Waals surface area contributed by atoms with E-state index in [1.165, 1.54) is 0 Å². The van der Waals surface area contributed by atoms with E-state index in [-0.39, 0.29) is 0 Å². The van der Waals surface area contributed by atoms with Gasteiger partial charge in [-0.1, -0.05) is 17.7 Å². The molecule has 0 aromatic heterocycles. The molecule has 0 spiro atoms. The van der Waals surface area contributed by atoms with E-state index in [4.69, 9.17) is 16.3 Å². The van der Waals surface area contributed by atoms with Crippen LogP contribution in [0.2, 0.25) is 5.02 Å². The summed E-state index contributed by atoms with van der Waals surface area (Å²) in [5, 5.41) is 4.08. The van der Waals surface area contributed by atoms with Gasteiger partial charge in [0, 0.05) is 26.2 Å². The molecular weight excluding hydrogens is 212 g/mol. The van der Waals surface area contributed by atoms with Gasteiger partial charge in [-0.15, -0.1) is 0 Å². The first-order valence-corrected chi connectivity index (χ1v) is 5.49. The van der Waals surface area contributed by atoms with Crippen LogP contribution in [-0.2, 0) is 0 Å². The Balaban J connectivity index is 2.31. The van der Waals surface area contributed by atoms with Crippen LogP contribution in [0.4, 0.5) is 5.69 Å². The number of halogens is 1. The summed E-state index contributed by atoms with van der Waals surface area (Å²) in [4.78, 5) is 2.26. The molecule has 1 saturated heterocycles. The van der Waals surface area contributed by atoms with Gasteiger partial charge in [0.15, 0.2) is 0 Å².